The Labute approximate surface area is 177 Å². The molecule has 152 valence electrons. The molecule has 0 bridgehead atoms. The molecule has 0 aliphatic rings. The van der Waals surface area contributed by atoms with Crippen molar-refractivity contribution in [3.05, 3.63) is 123 Å². The Kier molecular flexibility index (Phi) is 5.44. The van der Waals surface area contributed by atoms with Crippen LogP contribution in [-0.2, 0) is 6.54 Å². The van der Waals surface area contributed by atoms with Crippen molar-refractivity contribution >= 4 is 11.4 Å². The van der Waals surface area contributed by atoms with E-state index in [2.05, 4.69) is 16.7 Å². The molecule has 0 fully saturated rings. The first-order valence-electron chi connectivity index (χ1n) is 9.49. The topological polar surface area (TPSA) is 94.0 Å². The van der Waals surface area contributed by atoms with E-state index in [1.807, 2.05) is 54.9 Å². The highest BCUT2D eigenvalue weighted by Gasteiger charge is 2.26. The van der Waals surface area contributed by atoms with Gasteiger partial charge in [-0.3, -0.25) is 20.2 Å². The van der Waals surface area contributed by atoms with E-state index >= 15 is 0 Å². The van der Waals surface area contributed by atoms with Crippen molar-refractivity contribution in [2.24, 2.45) is 0 Å². The molecule has 4 rings (SSSR count). The van der Waals surface area contributed by atoms with Crippen molar-refractivity contribution in [2.75, 3.05) is 0 Å². The maximum Gasteiger partial charge on any atom is 0.347 e. The molecular weight excluding hydrogens is 396 g/mol. The first-order valence-corrected chi connectivity index (χ1v) is 9.49. The monoisotopic (exact) mass is 414 g/mol. The second-order valence-electron chi connectivity index (χ2n) is 6.93. The van der Waals surface area contributed by atoms with Crippen molar-refractivity contribution < 1.29 is 19.0 Å². The molecule has 0 aliphatic heterocycles. The van der Waals surface area contributed by atoms with Gasteiger partial charge in [0.05, 0.1) is 9.85 Å². The van der Waals surface area contributed by atoms with E-state index in [0.29, 0.717) is 0 Å². The van der Waals surface area contributed by atoms with Crippen molar-refractivity contribution in [1.82, 2.24) is 0 Å². The van der Waals surface area contributed by atoms with E-state index in [0.717, 1.165) is 23.7 Å². The average molecular weight is 414 g/mol. The molecule has 0 N–H and O–H groups in total. The molecule has 0 aliphatic carbocycles. The van der Waals surface area contributed by atoms with Gasteiger partial charge in [-0.15, -0.1) is 0 Å². The Balaban J connectivity index is 1.57. The van der Waals surface area contributed by atoms with Crippen molar-refractivity contribution in [2.45, 2.75) is 6.54 Å². The molecule has 0 saturated carbocycles. The number of pyridine rings is 2. The van der Waals surface area contributed by atoms with Gasteiger partial charge in [0.2, 0.25) is 0 Å². The minimum Gasteiger partial charge on any atom is -0.258 e. The molecule has 2 aromatic heterocycles. The van der Waals surface area contributed by atoms with Gasteiger partial charge in [0, 0.05) is 42.0 Å². The smallest absolute Gasteiger partial charge is 0.258 e. The molecule has 0 spiro atoms. The molecule has 8 nitrogen and oxygen atoms in total. The summed E-state index contributed by atoms with van der Waals surface area (Å²) in [7, 11) is 0. The lowest BCUT2D eigenvalue weighted by Gasteiger charge is -2.02. The van der Waals surface area contributed by atoms with Crippen LogP contribution in [0.5, 0.6) is 0 Å². The lowest BCUT2D eigenvalue weighted by Crippen LogP contribution is -2.33. The maximum absolute atomic E-state index is 11.4. The summed E-state index contributed by atoms with van der Waals surface area (Å²) in [6, 6.07) is 21.5. The highest BCUT2D eigenvalue weighted by Crippen LogP contribution is 2.25. The summed E-state index contributed by atoms with van der Waals surface area (Å²) in [5.74, 6) is 0. The van der Waals surface area contributed by atoms with Crippen molar-refractivity contribution in [3.63, 3.8) is 0 Å². The van der Waals surface area contributed by atoms with Crippen LogP contribution in [0.4, 0.5) is 11.4 Å². The normalized spacial score (nSPS) is 10.6. The third-order valence-corrected chi connectivity index (χ3v) is 4.91. The molecule has 0 saturated heterocycles. The summed E-state index contributed by atoms with van der Waals surface area (Å²) in [4.78, 5) is 21.0. The van der Waals surface area contributed by atoms with Crippen LogP contribution in [0, 0.1) is 20.2 Å². The summed E-state index contributed by atoms with van der Waals surface area (Å²) < 4.78 is 3.66. The van der Waals surface area contributed by atoms with Gasteiger partial charge in [0.15, 0.2) is 31.3 Å². The maximum atomic E-state index is 11.4. The van der Waals surface area contributed by atoms with Crippen LogP contribution in [0.25, 0.3) is 16.8 Å². The van der Waals surface area contributed by atoms with Crippen molar-refractivity contribution in [1.29, 1.82) is 0 Å². The fraction of sp³-hybridized carbons (Fsp3) is 0.0435. The second-order valence-corrected chi connectivity index (χ2v) is 6.93. The molecule has 0 atom stereocenters. The van der Waals surface area contributed by atoms with E-state index in [4.69, 9.17) is 0 Å². The Bertz CT molecular complexity index is 1240. The lowest BCUT2D eigenvalue weighted by atomic mass is 10.1. The van der Waals surface area contributed by atoms with E-state index in [1.54, 1.807) is 17.0 Å². The Hall–Kier alpha value is -4.46. The third-order valence-electron chi connectivity index (χ3n) is 4.91. The predicted octanol–water partition coefficient (Wildman–Crippen LogP) is 3.78. The number of hydrogen-bond acceptors (Lipinski definition) is 4. The summed E-state index contributed by atoms with van der Waals surface area (Å²) in [5, 5.41) is 22.3. The fourth-order valence-electron chi connectivity index (χ4n) is 3.32. The third kappa shape index (κ3) is 4.43. The van der Waals surface area contributed by atoms with E-state index in [-0.39, 0.29) is 17.1 Å². The van der Waals surface area contributed by atoms with E-state index < -0.39 is 9.85 Å². The molecule has 2 aromatic carbocycles. The molecule has 31 heavy (non-hydrogen) atoms. The molecule has 0 unspecified atom stereocenters. The van der Waals surface area contributed by atoms with Gasteiger partial charge in [-0.2, -0.15) is 4.57 Å². The minimum atomic E-state index is -0.649. The number of non-ortho nitro benzene ring substituents is 1. The predicted molar refractivity (Wildman–Crippen MR) is 112 cm³/mol. The summed E-state index contributed by atoms with van der Waals surface area (Å²) in [6.07, 6.45) is 7.41. The number of aromatic nitrogens is 2. The zero-order valence-electron chi connectivity index (χ0n) is 16.4. The van der Waals surface area contributed by atoms with Gasteiger partial charge in [0.25, 0.3) is 11.4 Å². The molecule has 4 aromatic rings. The molecule has 0 radical (unpaired) electrons. The number of rotatable bonds is 6. The number of nitro benzene ring substituents is 2. The number of nitrogens with zero attached hydrogens (tertiary/aromatic N) is 4. The number of benzene rings is 2. The standard InChI is InChI=1S/C23H18N4O4/c28-26(29)21-6-7-22(23(16-21)27(30)31)25-14-10-20(11-15-25)19-8-12-24(13-9-19)17-18-4-2-1-3-5-18/h1-16H,17H2/q+2. The zero-order valence-corrected chi connectivity index (χ0v) is 16.4. The highest BCUT2D eigenvalue weighted by atomic mass is 16.6. The van der Waals surface area contributed by atoms with Crippen LogP contribution in [-0.4, -0.2) is 9.85 Å². The van der Waals surface area contributed by atoms with Crippen LogP contribution in [0.2, 0.25) is 0 Å². The first kappa shape index (κ1) is 19.8. The van der Waals surface area contributed by atoms with Gasteiger partial charge in [-0.1, -0.05) is 30.3 Å². The van der Waals surface area contributed by atoms with Gasteiger partial charge >= 0.3 is 5.69 Å². The SMILES string of the molecule is O=[N+]([O-])c1ccc(-[n+]2ccc(-c3cc[n+](Cc4ccccc4)cc3)cc2)c([N+](=O)[O-])c1. The Morgan fingerprint density at radius 3 is 1.90 bits per heavy atom. The van der Waals surface area contributed by atoms with Crippen LogP contribution < -0.4 is 9.13 Å². The highest BCUT2D eigenvalue weighted by molar-refractivity contribution is 5.61. The summed E-state index contributed by atoms with van der Waals surface area (Å²) in [6.45, 7) is 0.778. The van der Waals surface area contributed by atoms with Gasteiger partial charge in [-0.05, 0) is 11.1 Å². The zero-order chi connectivity index (χ0) is 21.8. The number of hydrogen-bond donors (Lipinski definition) is 0. The largest absolute Gasteiger partial charge is 0.347 e. The quantitative estimate of drug-likeness (QED) is 0.273. The van der Waals surface area contributed by atoms with Gasteiger partial charge in [-0.25, -0.2) is 4.57 Å². The van der Waals surface area contributed by atoms with Crippen LogP contribution in [0.1, 0.15) is 5.56 Å². The van der Waals surface area contributed by atoms with E-state index in [9.17, 15) is 20.2 Å². The van der Waals surface area contributed by atoms with Crippen molar-refractivity contribution in [3.8, 4) is 16.8 Å². The summed E-state index contributed by atoms with van der Waals surface area (Å²) >= 11 is 0. The molecule has 0 amide bonds. The Morgan fingerprint density at radius 1 is 0.710 bits per heavy atom. The lowest BCUT2D eigenvalue weighted by molar-refractivity contribution is -0.688. The molecular formula is C23H18N4O4+2. The van der Waals surface area contributed by atoms with Gasteiger partial charge in [0.1, 0.15) is 6.07 Å². The second kappa shape index (κ2) is 8.50. The summed E-state index contributed by atoms with van der Waals surface area (Å²) in [5.41, 5.74) is 2.79. The van der Waals surface area contributed by atoms with Crippen LogP contribution in [0.3, 0.4) is 0 Å². The molecule has 8 heteroatoms. The minimum absolute atomic E-state index is 0.260. The van der Waals surface area contributed by atoms with E-state index in [1.165, 1.54) is 17.7 Å². The first-order chi connectivity index (χ1) is 15.0. The fourth-order valence-corrected chi connectivity index (χ4v) is 3.32. The van der Waals surface area contributed by atoms with Gasteiger partial charge < -0.3 is 0 Å². The Morgan fingerprint density at radius 2 is 1.32 bits per heavy atom. The van der Waals surface area contributed by atoms with Crippen LogP contribution in [0.15, 0.2) is 97.6 Å². The van der Waals surface area contributed by atoms with Crippen LogP contribution >= 0.6 is 0 Å². The number of nitro groups is 2. The average Bonchev–Trinajstić information content (AvgIpc) is 2.80. The molecule has 2 heterocycles.